The summed E-state index contributed by atoms with van der Waals surface area (Å²) in [5.74, 6) is 0.939. The van der Waals surface area contributed by atoms with Crippen LogP contribution >= 0.6 is 24.8 Å². The molecule has 2 aliphatic rings. The number of piperidine rings is 1. The van der Waals surface area contributed by atoms with Gasteiger partial charge in [-0.2, -0.15) is 0 Å². The summed E-state index contributed by atoms with van der Waals surface area (Å²) in [7, 11) is 1.89. The molecule has 0 aromatic heterocycles. The number of rotatable bonds is 0. The third-order valence-electron chi connectivity index (χ3n) is 2.82. The lowest BCUT2D eigenvalue weighted by Crippen LogP contribution is -2.47. The first kappa shape index (κ1) is 13.0. The highest BCUT2D eigenvalue weighted by Crippen LogP contribution is 2.24. The van der Waals surface area contributed by atoms with E-state index in [0.29, 0.717) is 17.9 Å². The van der Waals surface area contributed by atoms with E-state index >= 15 is 0 Å². The number of hydrogen-bond acceptors (Lipinski definition) is 2. The average Bonchev–Trinajstić information content (AvgIpc) is 2.36. The lowest BCUT2D eigenvalue weighted by molar-refractivity contribution is -0.133. The monoisotopic (exact) mass is 226 g/mol. The van der Waals surface area contributed by atoms with Crippen LogP contribution in [0, 0.1) is 5.92 Å². The van der Waals surface area contributed by atoms with E-state index in [1.165, 1.54) is 6.42 Å². The van der Waals surface area contributed by atoms with Gasteiger partial charge in [0.05, 0.1) is 0 Å². The summed E-state index contributed by atoms with van der Waals surface area (Å²) in [4.78, 5) is 13.1. The van der Waals surface area contributed by atoms with E-state index in [2.05, 4.69) is 5.32 Å². The smallest absolute Gasteiger partial charge is 0.222 e. The molecule has 1 N–H and O–H groups in total. The van der Waals surface area contributed by atoms with Gasteiger partial charge >= 0.3 is 0 Å². The van der Waals surface area contributed by atoms with Gasteiger partial charge in [-0.15, -0.1) is 24.8 Å². The van der Waals surface area contributed by atoms with Gasteiger partial charge in [-0.25, -0.2) is 0 Å². The van der Waals surface area contributed by atoms with Crippen molar-refractivity contribution in [2.45, 2.75) is 18.9 Å². The van der Waals surface area contributed by atoms with Crippen molar-refractivity contribution in [2.75, 3.05) is 20.1 Å². The molecule has 3 nitrogen and oxygen atoms in total. The van der Waals surface area contributed by atoms with Gasteiger partial charge in [-0.1, -0.05) is 0 Å². The highest BCUT2D eigenvalue weighted by molar-refractivity contribution is 5.85. The number of halogens is 2. The maximum atomic E-state index is 11.2. The number of likely N-dealkylation sites (tertiary alicyclic amines) is 1. The van der Waals surface area contributed by atoms with E-state index in [1.54, 1.807) is 0 Å². The number of carbonyl (C=O) groups excluding carboxylic acids is 1. The fourth-order valence-electron chi connectivity index (χ4n) is 2.06. The summed E-state index contributed by atoms with van der Waals surface area (Å²) in [5, 5.41) is 3.42. The summed E-state index contributed by atoms with van der Waals surface area (Å²) < 4.78 is 0. The second-order valence-electron chi connectivity index (χ2n) is 3.59. The molecule has 0 spiro atoms. The molecule has 13 heavy (non-hydrogen) atoms. The zero-order chi connectivity index (χ0) is 7.84. The van der Waals surface area contributed by atoms with Crippen LogP contribution in [0.3, 0.4) is 0 Å². The zero-order valence-corrected chi connectivity index (χ0v) is 9.29. The first-order chi connectivity index (χ1) is 5.27. The molecule has 5 heteroatoms. The number of hydrogen-bond donors (Lipinski definition) is 1. The normalized spacial score (nSPS) is 31.8. The van der Waals surface area contributed by atoms with E-state index < -0.39 is 0 Å². The van der Waals surface area contributed by atoms with Crippen LogP contribution in [0.15, 0.2) is 0 Å². The molecule has 2 rings (SSSR count). The summed E-state index contributed by atoms with van der Waals surface area (Å²) in [6.07, 6.45) is 1.94. The molecule has 0 aliphatic carbocycles. The molecule has 0 aromatic carbocycles. The molecule has 2 atom stereocenters. The molecule has 0 bridgehead atoms. The Bertz CT molecular complexity index is 189. The van der Waals surface area contributed by atoms with Crippen LogP contribution < -0.4 is 5.32 Å². The van der Waals surface area contributed by atoms with E-state index in [0.717, 1.165) is 19.5 Å². The molecule has 0 radical (unpaired) electrons. The van der Waals surface area contributed by atoms with Crippen LogP contribution in [0.5, 0.6) is 0 Å². The molecule has 2 fully saturated rings. The third kappa shape index (κ3) is 2.48. The highest BCUT2D eigenvalue weighted by atomic mass is 35.5. The largest absolute Gasteiger partial charge is 0.344 e. The van der Waals surface area contributed by atoms with Crippen molar-refractivity contribution in [3.63, 3.8) is 0 Å². The van der Waals surface area contributed by atoms with E-state index in [4.69, 9.17) is 0 Å². The van der Waals surface area contributed by atoms with Crippen LogP contribution in [0.1, 0.15) is 12.8 Å². The van der Waals surface area contributed by atoms with Gasteiger partial charge < -0.3 is 10.2 Å². The molecule has 2 heterocycles. The van der Waals surface area contributed by atoms with E-state index in [1.807, 2.05) is 11.9 Å². The molecule has 2 unspecified atom stereocenters. The van der Waals surface area contributed by atoms with Crippen LogP contribution in [0.2, 0.25) is 0 Å². The number of amides is 1. The molecule has 2 aliphatic heterocycles. The van der Waals surface area contributed by atoms with Crippen molar-refractivity contribution in [1.29, 1.82) is 0 Å². The van der Waals surface area contributed by atoms with Crippen LogP contribution in [0.4, 0.5) is 0 Å². The van der Waals surface area contributed by atoms with Gasteiger partial charge in [-0.05, 0) is 18.9 Å². The number of nitrogens with zero attached hydrogens (tertiary/aromatic N) is 1. The predicted octanol–water partition coefficient (Wildman–Crippen LogP) is 0.670. The Kier molecular flexibility index (Phi) is 5.04. The van der Waals surface area contributed by atoms with Gasteiger partial charge in [0, 0.05) is 26.1 Å². The Morgan fingerprint density at radius 1 is 1.46 bits per heavy atom. The van der Waals surface area contributed by atoms with Gasteiger partial charge in [0.2, 0.25) is 5.91 Å². The Morgan fingerprint density at radius 3 is 2.85 bits per heavy atom. The third-order valence-corrected chi connectivity index (χ3v) is 2.82. The molecule has 2 saturated heterocycles. The quantitative estimate of drug-likeness (QED) is 0.659. The fourth-order valence-corrected chi connectivity index (χ4v) is 2.06. The van der Waals surface area contributed by atoms with Crippen molar-refractivity contribution in [2.24, 2.45) is 5.92 Å². The first-order valence-corrected chi connectivity index (χ1v) is 4.25. The topological polar surface area (TPSA) is 32.3 Å². The summed E-state index contributed by atoms with van der Waals surface area (Å²) >= 11 is 0. The minimum atomic E-state index is 0. The first-order valence-electron chi connectivity index (χ1n) is 4.25. The predicted molar refractivity (Wildman–Crippen MR) is 56.6 cm³/mol. The van der Waals surface area contributed by atoms with Crippen LogP contribution in [-0.4, -0.2) is 37.0 Å². The number of nitrogens with one attached hydrogen (secondary N) is 1. The van der Waals surface area contributed by atoms with Crippen molar-refractivity contribution in [3.05, 3.63) is 0 Å². The Balaban J connectivity index is 0.000000720. The van der Waals surface area contributed by atoms with Gasteiger partial charge in [0.1, 0.15) is 0 Å². The molecule has 78 valence electrons. The Morgan fingerprint density at radius 2 is 2.15 bits per heavy atom. The molecule has 0 aromatic rings. The molecular formula is C8H16Cl2N2O. The number of likely N-dealkylation sites (N-methyl/N-ethyl adjacent to an activating group) is 1. The van der Waals surface area contributed by atoms with Crippen molar-refractivity contribution in [3.8, 4) is 0 Å². The maximum Gasteiger partial charge on any atom is 0.222 e. The molecule has 1 amide bonds. The van der Waals surface area contributed by atoms with Gasteiger partial charge in [0.15, 0.2) is 0 Å². The lowest BCUT2D eigenvalue weighted by atomic mass is 9.92. The number of carbonyl (C=O) groups is 1. The summed E-state index contributed by atoms with van der Waals surface area (Å²) in [6, 6.07) is 0.581. The second-order valence-corrected chi connectivity index (χ2v) is 3.59. The van der Waals surface area contributed by atoms with Crippen molar-refractivity contribution < 1.29 is 4.79 Å². The minimum Gasteiger partial charge on any atom is -0.344 e. The molecule has 0 saturated carbocycles. The minimum absolute atomic E-state index is 0. The highest BCUT2D eigenvalue weighted by Gasteiger charge is 2.34. The van der Waals surface area contributed by atoms with E-state index in [-0.39, 0.29) is 24.8 Å². The maximum absolute atomic E-state index is 11.2. The SMILES string of the molecule is CN1CC2NCCC2CC1=O.Cl.Cl. The fraction of sp³-hybridized carbons (Fsp3) is 0.875. The second kappa shape index (κ2) is 5.03. The van der Waals surface area contributed by atoms with Crippen molar-refractivity contribution >= 4 is 30.7 Å². The lowest BCUT2D eigenvalue weighted by Gasteiger charge is -2.31. The molecular weight excluding hydrogens is 211 g/mol. The standard InChI is InChI=1S/C8H14N2O.2ClH/c1-10-5-7-6(2-3-9-7)4-8(10)11;;/h6-7,9H,2-5H2,1H3;2*1H. The van der Waals surface area contributed by atoms with Gasteiger partial charge in [-0.3, -0.25) is 4.79 Å². The zero-order valence-electron chi connectivity index (χ0n) is 7.66. The Hall–Kier alpha value is 0.01000. The summed E-state index contributed by atoms with van der Waals surface area (Å²) in [5.41, 5.74) is 0. The average molecular weight is 227 g/mol. The van der Waals surface area contributed by atoms with Crippen molar-refractivity contribution in [1.82, 2.24) is 10.2 Å². The van der Waals surface area contributed by atoms with Gasteiger partial charge in [0.25, 0.3) is 0 Å². The van der Waals surface area contributed by atoms with Crippen LogP contribution in [0.25, 0.3) is 0 Å². The van der Waals surface area contributed by atoms with Crippen LogP contribution in [-0.2, 0) is 4.79 Å². The number of fused-ring (bicyclic) bond motifs is 1. The van der Waals surface area contributed by atoms with E-state index in [9.17, 15) is 4.79 Å². The summed E-state index contributed by atoms with van der Waals surface area (Å²) in [6.45, 7) is 2.00. The Labute approximate surface area is 91.1 Å².